The summed E-state index contributed by atoms with van der Waals surface area (Å²) >= 11 is 18.6. The summed E-state index contributed by atoms with van der Waals surface area (Å²) in [4.78, 5) is 12.3. The molecule has 0 aromatic heterocycles. The topological polar surface area (TPSA) is 55.1 Å². The van der Waals surface area contributed by atoms with Crippen molar-refractivity contribution in [2.75, 3.05) is 11.1 Å². The van der Waals surface area contributed by atoms with E-state index in [0.29, 0.717) is 11.4 Å². The lowest BCUT2D eigenvalue weighted by Crippen LogP contribution is -2.13. The molecule has 2 aromatic carbocycles. The van der Waals surface area contributed by atoms with E-state index in [4.69, 9.17) is 28.9 Å². The number of amides is 1. The van der Waals surface area contributed by atoms with Crippen molar-refractivity contribution in [3.63, 3.8) is 0 Å². The standard InChI is InChI=1S/C13H8Br2Cl2N2O/c14-6-1-2-9(15)11(3-6)19-13(20)8-4-7(18)5-10(16)12(8)17/h1-5H,18H2,(H,19,20). The zero-order valence-electron chi connectivity index (χ0n) is 9.88. The Morgan fingerprint density at radius 3 is 2.55 bits per heavy atom. The Labute approximate surface area is 142 Å². The highest BCUT2D eigenvalue weighted by atomic mass is 79.9. The molecule has 2 aromatic rings. The van der Waals surface area contributed by atoms with Crippen LogP contribution in [0, 0.1) is 0 Å². The van der Waals surface area contributed by atoms with Gasteiger partial charge >= 0.3 is 0 Å². The average Bonchev–Trinajstić information content (AvgIpc) is 2.38. The smallest absolute Gasteiger partial charge is 0.257 e. The van der Waals surface area contributed by atoms with Crippen molar-refractivity contribution in [2.45, 2.75) is 0 Å². The van der Waals surface area contributed by atoms with Crippen molar-refractivity contribution in [3.05, 3.63) is 54.9 Å². The third-order valence-electron chi connectivity index (χ3n) is 2.47. The molecular weight excluding hydrogens is 431 g/mol. The Morgan fingerprint density at radius 1 is 1.15 bits per heavy atom. The molecule has 3 N–H and O–H groups in total. The molecule has 0 bridgehead atoms. The zero-order valence-corrected chi connectivity index (χ0v) is 14.6. The van der Waals surface area contributed by atoms with Crippen molar-refractivity contribution in [2.24, 2.45) is 0 Å². The molecule has 0 heterocycles. The second-order valence-corrected chi connectivity index (χ2v) is 6.50. The molecule has 0 unspecified atom stereocenters. The van der Waals surface area contributed by atoms with Gasteiger partial charge in [-0.2, -0.15) is 0 Å². The van der Waals surface area contributed by atoms with E-state index in [1.54, 1.807) is 6.07 Å². The van der Waals surface area contributed by atoms with Crippen LogP contribution >= 0.6 is 55.1 Å². The molecule has 7 heteroatoms. The first-order valence-corrected chi connectivity index (χ1v) is 7.73. The lowest BCUT2D eigenvalue weighted by atomic mass is 10.2. The van der Waals surface area contributed by atoms with Crippen molar-refractivity contribution >= 4 is 72.3 Å². The quantitative estimate of drug-likeness (QED) is 0.621. The van der Waals surface area contributed by atoms with Gasteiger partial charge in [0.2, 0.25) is 0 Å². The monoisotopic (exact) mass is 436 g/mol. The maximum atomic E-state index is 12.3. The zero-order chi connectivity index (χ0) is 14.9. The molecule has 3 nitrogen and oxygen atoms in total. The largest absolute Gasteiger partial charge is 0.399 e. The van der Waals surface area contributed by atoms with Crippen molar-refractivity contribution in [3.8, 4) is 0 Å². The van der Waals surface area contributed by atoms with Gasteiger partial charge < -0.3 is 11.1 Å². The van der Waals surface area contributed by atoms with E-state index in [2.05, 4.69) is 37.2 Å². The lowest BCUT2D eigenvalue weighted by Gasteiger charge is -2.10. The molecule has 0 aliphatic rings. The summed E-state index contributed by atoms with van der Waals surface area (Å²) in [6.07, 6.45) is 0. The minimum atomic E-state index is -0.386. The maximum Gasteiger partial charge on any atom is 0.257 e. The highest BCUT2D eigenvalue weighted by Gasteiger charge is 2.15. The van der Waals surface area contributed by atoms with Gasteiger partial charge in [-0.25, -0.2) is 0 Å². The number of carbonyl (C=O) groups is 1. The maximum absolute atomic E-state index is 12.3. The van der Waals surface area contributed by atoms with E-state index in [9.17, 15) is 4.79 Å². The molecule has 0 aliphatic carbocycles. The molecule has 0 atom stereocenters. The molecule has 0 saturated heterocycles. The predicted octanol–water partition coefficient (Wildman–Crippen LogP) is 5.35. The van der Waals surface area contributed by atoms with Crippen LogP contribution in [0.2, 0.25) is 10.0 Å². The molecule has 20 heavy (non-hydrogen) atoms. The SMILES string of the molecule is Nc1cc(Cl)c(Cl)c(C(=O)Nc2cc(Br)ccc2Br)c1. The summed E-state index contributed by atoms with van der Waals surface area (Å²) in [6, 6.07) is 8.41. The summed E-state index contributed by atoms with van der Waals surface area (Å²) < 4.78 is 1.59. The van der Waals surface area contributed by atoms with Crippen molar-refractivity contribution in [1.29, 1.82) is 0 Å². The highest BCUT2D eigenvalue weighted by Crippen LogP contribution is 2.31. The van der Waals surface area contributed by atoms with Crippen LogP contribution in [0.1, 0.15) is 10.4 Å². The number of carbonyl (C=O) groups excluding carboxylic acids is 1. The third-order valence-corrected chi connectivity index (χ3v) is 4.46. The Morgan fingerprint density at radius 2 is 1.85 bits per heavy atom. The summed E-state index contributed by atoms with van der Waals surface area (Å²) in [5.41, 5.74) is 6.88. The van der Waals surface area contributed by atoms with Gasteiger partial charge in [0.05, 0.1) is 21.3 Å². The van der Waals surface area contributed by atoms with Gasteiger partial charge in [0.25, 0.3) is 5.91 Å². The molecule has 2 rings (SSSR count). The van der Waals surface area contributed by atoms with Crippen molar-refractivity contribution in [1.82, 2.24) is 0 Å². The number of rotatable bonds is 2. The first-order chi connectivity index (χ1) is 9.38. The van der Waals surface area contributed by atoms with Crippen LogP contribution in [-0.2, 0) is 0 Å². The van der Waals surface area contributed by atoms with Crippen LogP contribution in [-0.4, -0.2) is 5.91 Å². The number of anilines is 2. The minimum Gasteiger partial charge on any atom is -0.399 e. The van der Waals surface area contributed by atoms with Crippen LogP contribution in [0.25, 0.3) is 0 Å². The Hall–Kier alpha value is -0.750. The summed E-state index contributed by atoms with van der Waals surface area (Å²) in [6.45, 7) is 0. The fourth-order valence-corrected chi connectivity index (χ4v) is 2.69. The number of halogens is 4. The first-order valence-electron chi connectivity index (χ1n) is 5.39. The number of benzene rings is 2. The number of nitrogens with one attached hydrogen (secondary N) is 1. The summed E-state index contributed by atoms with van der Waals surface area (Å²) in [5.74, 6) is -0.386. The fourth-order valence-electron chi connectivity index (χ4n) is 1.56. The lowest BCUT2D eigenvalue weighted by molar-refractivity contribution is 0.102. The molecule has 0 fully saturated rings. The number of hydrogen-bond acceptors (Lipinski definition) is 2. The van der Waals surface area contributed by atoms with E-state index in [0.717, 1.165) is 8.95 Å². The van der Waals surface area contributed by atoms with Gasteiger partial charge in [0, 0.05) is 14.6 Å². The Balaban J connectivity index is 2.35. The predicted molar refractivity (Wildman–Crippen MR) is 90.7 cm³/mol. The normalized spacial score (nSPS) is 10.4. The van der Waals surface area contributed by atoms with Crippen LogP contribution in [0.4, 0.5) is 11.4 Å². The highest BCUT2D eigenvalue weighted by molar-refractivity contribution is 9.11. The second-order valence-electron chi connectivity index (χ2n) is 3.94. The number of hydrogen-bond donors (Lipinski definition) is 2. The van der Waals surface area contributed by atoms with Gasteiger partial charge in [-0.15, -0.1) is 0 Å². The summed E-state index contributed by atoms with van der Waals surface area (Å²) in [5, 5.41) is 3.16. The van der Waals surface area contributed by atoms with Crippen LogP contribution in [0.3, 0.4) is 0 Å². The molecule has 104 valence electrons. The van der Waals surface area contributed by atoms with Gasteiger partial charge in [0.15, 0.2) is 0 Å². The second kappa shape index (κ2) is 6.35. The van der Waals surface area contributed by atoms with Gasteiger partial charge in [0.1, 0.15) is 0 Å². The number of nitrogen functional groups attached to an aromatic ring is 1. The average molecular weight is 439 g/mol. The molecular formula is C13H8Br2Cl2N2O. The fraction of sp³-hybridized carbons (Fsp3) is 0. The van der Waals surface area contributed by atoms with Crippen LogP contribution in [0.15, 0.2) is 39.3 Å². The van der Waals surface area contributed by atoms with Gasteiger partial charge in [-0.3, -0.25) is 4.79 Å². The Kier molecular flexibility index (Phi) is 4.96. The first kappa shape index (κ1) is 15.6. The Bertz CT molecular complexity index is 692. The van der Waals surface area contributed by atoms with E-state index in [1.807, 2.05) is 12.1 Å². The summed E-state index contributed by atoms with van der Waals surface area (Å²) in [7, 11) is 0. The molecule has 0 saturated carbocycles. The third kappa shape index (κ3) is 3.47. The molecule has 0 spiro atoms. The molecule has 1 amide bonds. The van der Waals surface area contributed by atoms with Gasteiger partial charge in [-0.1, -0.05) is 39.1 Å². The number of nitrogens with two attached hydrogens (primary N) is 1. The van der Waals surface area contributed by atoms with Crippen LogP contribution in [0.5, 0.6) is 0 Å². The molecule has 0 aliphatic heterocycles. The van der Waals surface area contributed by atoms with Gasteiger partial charge in [-0.05, 0) is 46.3 Å². The molecule has 0 radical (unpaired) electrons. The van der Waals surface area contributed by atoms with E-state index in [-0.39, 0.29) is 21.5 Å². The van der Waals surface area contributed by atoms with Crippen LogP contribution < -0.4 is 11.1 Å². The van der Waals surface area contributed by atoms with E-state index in [1.165, 1.54) is 12.1 Å². The van der Waals surface area contributed by atoms with E-state index < -0.39 is 0 Å². The minimum absolute atomic E-state index is 0.171. The van der Waals surface area contributed by atoms with E-state index >= 15 is 0 Å². The van der Waals surface area contributed by atoms with Crippen molar-refractivity contribution < 1.29 is 4.79 Å².